The quantitative estimate of drug-likeness (QED) is 0.592. The lowest BCUT2D eigenvalue weighted by atomic mass is 10.1. The Bertz CT molecular complexity index is 625. The molecule has 0 fully saturated rings. The second kappa shape index (κ2) is 6.42. The van der Waals surface area contributed by atoms with Crippen molar-refractivity contribution in [3.05, 3.63) is 23.8 Å². The normalized spacial score (nSPS) is 12.2. The largest absolute Gasteiger partial charge is 0.465 e. The lowest BCUT2D eigenvalue weighted by Crippen LogP contribution is -2.39. The van der Waals surface area contributed by atoms with Gasteiger partial charge >= 0.3 is 5.97 Å². The van der Waals surface area contributed by atoms with E-state index in [1.54, 1.807) is 13.8 Å². The van der Waals surface area contributed by atoms with Crippen molar-refractivity contribution in [3.8, 4) is 0 Å². The van der Waals surface area contributed by atoms with Crippen molar-refractivity contribution in [2.24, 2.45) is 0 Å². The molecule has 8 heteroatoms. The van der Waals surface area contributed by atoms with Crippen LogP contribution in [-0.2, 0) is 19.5 Å². The average Bonchev–Trinajstić information content (AvgIpc) is 2.44. The smallest absolute Gasteiger partial charge is 0.337 e. The third-order valence-electron chi connectivity index (χ3n) is 2.96. The van der Waals surface area contributed by atoms with Crippen molar-refractivity contribution in [2.75, 3.05) is 26.5 Å². The molecule has 0 heterocycles. The van der Waals surface area contributed by atoms with Crippen molar-refractivity contribution in [2.45, 2.75) is 24.3 Å². The van der Waals surface area contributed by atoms with Gasteiger partial charge in [0.2, 0.25) is 10.0 Å². The van der Waals surface area contributed by atoms with Crippen LogP contribution in [0.25, 0.3) is 0 Å². The highest BCUT2D eigenvalue weighted by Crippen LogP contribution is 2.20. The van der Waals surface area contributed by atoms with Crippen LogP contribution in [0.2, 0.25) is 0 Å². The summed E-state index contributed by atoms with van der Waals surface area (Å²) >= 11 is 0. The predicted molar refractivity (Wildman–Crippen MR) is 78.5 cm³/mol. The predicted octanol–water partition coefficient (Wildman–Crippen LogP) is 0.759. The molecule has 0 radical (unpaired) electrons. The van der Waals surface area contributed by atoms with E-state index in [1.165, 1.54) is 32.4 Å². The zero-order valence-corrected chi connectivity index (χ0v) is 13.3. The van der Waals surface area contributed by atoms with Crippen LogP contribution in [0.4, 0.5) is 5.69 Å². The van der Waals surface area contributed by atoms with E-state index in [1.807, 2.05) is 0 Å². The fraction of sp³-hybridized carbons (Fsp3) is 0.462. The first-order chi connectivity index (χ1) is 9.63. The second-order valence-corrected chi connectivity index (χ2v) is 6.77. The van der Waals surface area contributed by atoms with Gasteiger partial charge in [0.05, 0.1) is 24.0 Å². The molecule has 0 aliphatic carbocycles. The van der Waals surface area contributed by atoms with Crippen LogP contribution in [-0.4, -0.2) is 40.8 Å². The number of methoxy groups -OCH3 is 2. The molecular formula is C13H20N2O5S. The molecule has 1 aromatic rings. The highest BCUT2D eigenvalue weighted by molar-refractivity contribution is 7.89. The third kappa shape index (κ3) is 4.42. The number of esters is 1. The maximum Gasteiger partial charge on any atom is 0.337 e. The number of rotatable bonds is 6. The number of benzene rings is 1. The Morgan fingerprint density at radius 3 is 2.43 bits per heavy atom. The molecule has 1 rings (SSSR count). The number of ether oxygens (including phenoxy) is 2. The molecule has 0 aromatic heterocycles. The lowest BCUT2D eigenvalue weighted by molar-refractivity contribution is 0.0276. The van der Waals surface area contributed by atoms with Gasteiger partial charge in [0.25, 0.3) is 0 Å². The average molecular weight is 316 g/mol. The number of sulfonamides is 1. The van der Waals surface area contributed by atoms with Crippen molar-refractivity contribution < 1.29 is 22.7 Å². The zero-order valence-electron chi connectivity index (χ0n) is 12.5. The molecule has 7 nitrogen and oxygen atoms in total. The van der Waals surface area contributed by atoms with Crippen LogP contribution in [0.1, 0.15) is 24.2 Å². The number of hydrogen-bond acceptors (Lipinski definition) is 6. The molecule has 1 aromatic carbocycles. The minimum Gasteiger partial charge on any atom is -0.465 e. The van der Waals surface area contributed by atoms with Gasteiger partial charge in [-0.15, -0.1) is 0 Å². The number of hydrogen-bond donors (Lipinski definition) is 2. The fourth-order valence-electron chi connectivity index (χ4n) is 1.46. The van der Waals surface area contributed by atoms with Gasteiger partial charge in [-0.3, -0.25) is 0 Å². The van der Waals surface area contributed by atoms with Crippen LogP contribution < -0.4 is 10.5 Å². The first-order valence-electron chi connectivity index (χ1n) is 6.15. The second-order valence-electron chi connectivity index (χ2n) is 5.03. The monoisotopic (exact) mass is 316 g/mol. The first kappa shape index (κ1) is 17.4. The molecular weight excluding hydrogens is 296 g/mol. The number of nitrogen functional groups attached to an aromatic ring is 1. The summed E-state index contributed by atoms with van der Waals surface area (Å²) in [5, 5.41) is 0. The molecule has 0 unspecified atom stereocenters. The third-order valence-corrected chi connectivity index (χ3v) is 4.44. The number of anilines is 1. The SMILES string of the molecule is COC(=O)c1ccc(S(=O)(=O)NCC(C)(C)OC)c(N)c1. The Morgan fingerprint density at radius 1 is 1.33 bits per heavy atom. The molecule has 0 aliphatic heterocycles. The van der Waals surface area contributed by atoms with Gasteiger partial charge in [0.1, 0.15) is 4.90 Å². The number of nitrogens with two attached hydrogens (primary N) is 1. The van der Waals surface area contributed by atoms with E-state index in [2.05, 4.69) is 9.46 Å². The summed E-state index contributed by atoms with van der Waals surface area (Å²) < 4.78 is 36.5. The van der Waals surface area contributed by atoms with E-state index in [9.17, 15) is 13.2 Å². The summed E-state index contributed by atoms with van der Waals surface area (Å²) in [6.45, 7) is 3.59. The number of carbonyl (C=O) groups excluding carboxylic acids is 1. The van der Waals surface area contributed by atoms with Crippen LogP contribution >= 0.6 is 0 Å². The molecule has 0 atom stereocenters. The van der Waals surface area contributed by atoms with E-state index in [-0.39, 0.29) is 22.7 Å². The van der Waals surface area contributed by atoms with E-state index in [0.29, 0.717) is 0 Å². The van der Waals surface area contributed by atoms with E-state index in [0.717, 1.165) is 0 Å². The van der Waals surface area contributed by atoms with E-state index in [4.69, 9.17) is 10.5 Å². The summed E-state index contributed by atoms with van der Waals surface area (Å²) in [6.07, 6.45) is 0. The van der Waals surface area contributed by atoms with Gasteiger partial charge in [0.15, 0.2) is 0 Å². The minimum absolute atomic E-state index is 0.0272. The van der Waals surface area contributed by atoms with Crippen LogP contribution in [0, 0.1) is 0 Å². The standard InChI is InChI=1S/C13H20N2O5S/c1-13(2,20-4)8-15-21(17,18)11-6-5-9(7-10(11)14)12(16)19-3/h5-7,15H,8,14H2,1-4H3. The molecule has 0 bridgehead atoms. The Morgan fingerprint density at radius 2 is 1.95 bits per heavy atom. The Hall–Kier alpha value is -1.64. The topological polar surface area (TPSA) is 108 Å². The molecule has 0 saturated heterocycles. The van der Waals surface area contributed by atoms with E-state index >= 15 is 0 Å². The minimum atomic E-state index is -3.79. The molecule has 0 aliphatic rings. The molecule has 118 valence electrons. The van der Waals surface area contributed by atoms with Gasteiger partial charge in [-0.25, -0.2) is 17.9 Å². The van der Waals surface area contributed by atoms with Crippen molar-refractivity contribution in [1.82, 2.24) is 4.72 Å². The fourth-order valence-corrected chi connectivity index (χ4v) is 2.77. The summed E-state index contributed by atoms with van der Waals surface area (Å²) in [7, 11) is -1.06. The van der Waals surface area contributed by atoms with Crippen molar-refractivity contribution >= 4 is 21.7 Å². The number of carbonyl (C=O) groups is 1. The molecule has 0 amide bonds. The van der Waals surface area contributed by atoms with Gasteiger partial charge < -0.3 is 15.2 Å². The summed E-state index contributed by atoms with van der Waals surface area (Å²) in [5.74, 6) is -0.584. The lowest BCUT2D eigenvalue weighted by Gasteiger charge is -2.23. The van der Waals surface area contributed by atoms with Crippen molar-refractivity contribution in [3.63, 3.8) is 0 Å². The van der Waals surface area contributed by atoms with Gasteiger partial charge in [-0.2, -0.15) is 0 Å². The molecule has 0 saturated carbocycles. The van der Waals surface area contributed by atoms with Crippen LogP contribution in [0.3, 0.4) is 0 Å². The first-order valence-corrected chi connectivity index (χ1v) is 7.64. The summed E-state index contributed by atoms with van der Waals surface area (Å²) in [4.78, 5) is 11.3. The Kier molecular flexibility index (Phi) is 5.32. The molecule has 3 N–H and O–H groups in total. The van der Waals surface area contributed by atoms with Crippen LogP contribution in [0.5, 0.6) is 0 Å². The highest BCUT2D eigenvalue weighted by atomic mass is 32.2. The molecule has 21 heavy (non-hydrogen) atoms. The van der Waals surface area contributed by atoms with Gasteiger partial charge in [-0.05, 0) is 32.0 Å². The maximum absolute atomic E-state index is 12.2. The Labute approximate surface area is 124 Å². The Balaban J connectivity index is 3.02. The summed E-state index contributed by atoms with van der Waals surface area (Å²) in [6, 6.07) is 3.88. The highest BCUT2D eigenvalue weighted by Gasteiger charge is 2.23. The number of nitrogens with one attached hydrogen (secondary N) is 1. The zero-order chi connectivity index (χ0) is 16.3. The van der Waals surface area contributed by atoms with E-state index < -0.39 is 21.6 Å². The molecule has 0 spiro atoms. The van der Waals surface area contributed by atoms with Gasteiger partial charge in [-0.1, -0.05) is 0 Å². The maximum atomic E-state index is 12.2. The van der Waals surface area contributed by atoms with Gasteiger partial charge in [0, 0.05) is 13.7 Å². The van der Waals surface area contributed by atoms with Crippen molar-refractivity contribution in [1.29, 1.82) is 0 Å². The van der Waals surface area contributed by atoms with Crippen LogP contribution in [0.15, 0.2) is 23.1 Å². The summed E-state index contributed by atoms with van der Waals surface area (Å²) in [5.41, 5.74) is 5.23.